The fraction of sp³-hybridized carbons (Fsp3) is 0.650. The number of hydrogen-bond acceptors (Lipinski definition) is 4. The normalized spacial score (nSPS) is 19.5. The number of halogens is 1. The lowest BCUT2D eigenvalue weighted by atomic mass is 10.1. The zero-order valence-corrected chi connectivity index (χ0v) is 17.8. The van der Waals surface area contributed by atoms with Crippen molar-refractivity contribution in [2.75, 3.05) is 26.2 Å². The lowest BCUT2D eigenvalue weighted by Crippen LogP contribution is -2.57. The highest BCUT2D eigenvalue weighted by Crippen LogP contribution is 2.45. The van der Waals surface area contributed by atoms with Crippen LogP contribution in [0.2, 0.25) is 0 Å². The second-order valence-electron chi connectivity index (χ2n) is 8.25. The van der Waals surface area contributed by atoms with Gasteiger partial charge in [-0.05, 0) is 52.7 Å². The molecule has 5 nitrogen and oxygen atoms in total. The Morgan fingerprint density at radius 1 is 1.27 bits per heavy atom. The topological polar surface area (TPSA) is 42.0 Å². The summed E-state index contributed by atoms with van der Waals surface area (Å²) in [6.07, 6.45) is 1.94. The van der Waals surface area contributed by atoms with Crippen molar-refractivity contribution in [3.63, 3.8) is 0 Å². The third-order valence-electron chi connectivity index (χ3n) is 4.89. The Labute approximate surface area is 164 Å². The smallest absolute Gasteiger partial charge is 0.410 e. The number of piperazine rings is 1. The highest BCUT2D eigenvalue weighted by atomic mass is 79.9. The van der Waals surface area contributed by atoms with Crippen molar-refractivity contribution in [1.82, 2.24) is 9.80 Å². The van der Waals surface area contributed by atoms with E-state index in [0.29, 0.717) is 6.61 Å². The van der Waals surface area contributed by atoms with E-state index < -0.39 is 5.60 Å². The first-order chi connectivity index (χ1) is 12.2. The van der Waals surface area contributed by atoms with Crippen LogP contribution in [0.5, 0.6) is 5.75 Å². The third-order valence-corrected chi connectivity index (χ3v) is 5.39. The monoisotopic (exact) mass is 424 g/mol. The SMILES string of the molecule is CCOc1cc(Br)ccc1CN1CCN(C(=O)OC(C)(C)C)C2(CC2)C1. The molecule has 0 bridgehead atoms. The van der Waals surface area contributed by atoms with Crippen LogP contribution < -0.4 is 4.74 Å². The summed E-state index contributed by atoms with van der Waals surface area (Å²) < 4.78 is 12.4. The number of amides is 1. The van der Waals surface area contributed by atoms with Gasteiger partial charge in [0, 0.05) is 36.2 Å². The van der Waals surface area contributed by atoms with Crippen LogP contribution in [0.3, 0.4) is 0 Å². The summed E-state index contributed by atoms with van der Waals surface area (Å²) in [5.74, 6) is 0.932. The van der Waals surface area contributed by atoms with Gasteiger partial charge in [-0.1, -0.05) is 22.0 Å². The van der Waals surface area contributed by atoms with Gasteiger partial charge in [0.15, 0.2) is 0 Å². The summed E-state index contributed by atoms with van der Waals surface area (Å²) in [5, 5.41) is 0. The molecular formula is C20H29BrN2O3. The Balaban J connectivity index is 1.67. The van der Waals surface area contributed by atoms with Crippen LogP contribution in [0.1, 0.15) is 46.1 Å². The second kappa shape index (κ2) is 7.39. The van der Waals surface area contributed by atoms with E-state index in [1.807, 2.05) is 38.7 Å². The molecule has 1 spiro atoms. The molecule has 1 saturated carbocycles. The van der Waals surface area contributed by atoms with E-state index in [4.69, 9.17) is 9.47 Å². The molecule has 6 heteroatoms. The molecule has 0 N–H and O–H groups in total. The van der Waals surface area contributed by atoms with Crippen molar-refractivity contribution in [3.8, 4) is 5.75 Å². The molecule has 0 unspecified atom stereocenters. The van der Waals surface area contributed by atoms with Crippen molar-refractivity contribution >= 4 is 22.0 Å². The minimum absolute atomic E-state index is 0.0400. The lowest BCUT2D eigenvalue weighted by molar-refractivity contribution is -0.00819. The molecule has 3 rings (SSSR count). The van der Waals surface area contributed by atoms with Gasteiger partial charge in [0.25, 0.3) is 0 Å². The summed E-state index contributed by atoms with van der Waals surface area (Å²) in [6.45, 7) is 11.7. The minimum Gasteiger partial charge on any atom is -0.494 e. The fourth-order valence-corrected chi connectivity index (χ4v) is 3.90. The number of carbonyl (C=O) groups is 1. The molecule has 2 fully saturated rings. The Hall–Kier alpha value is -1.27. The van der Waals surface area contributed by atoms with Crippen molar-refractivity contribution in [2.24, 2.45) is 0 Å². The predicted octanol–water partition coefficient (Wildman–Crippen LogP) is 4.43. The molecule has 1 amide bonds. The maximum Gasteiger partial charge on any atom is 0.410 e. The molecule has 0 aromatic heterocycles. The molecule has 1 aromatic carbocycles. The van der Waals surface area contributed by atoms with Crippen LogP contribution in [0, 0.1) is 0 Å². The zero-order valence-electron chi connectivity index (χ0n) is 16.2. The maximum atomic E-state index is 12.6. The van der Waals surface area contributed by atoms with E-state index >= 15 is 0 Å². The van der Waals surface area contributed by atoms with Gasteiger partial charge in [-0.2, -0.15) is 0 Å². The van der Waals surface area contributed by atoms with Crippen molar-refractivity contribution in [2.45, 2.75) is 58.2 Å². The Kier molecular flexibility index (Phi) is 5.54. The fourth-order valence-electron chi connectivity index (χ4n) is 3.56. The van der Waals surface area contributed by atoms with E-state index in [2.05, 4.69) is 33.0 Å². The van der Waals surface area contributed by atoms with Crippen LogP contribution in [0.15, 0.2) is 22.7 Å². The maximum absolute atomic E-state index is 12.6. The molecule has 1 saturated heterocycles. The summed E-state index contributed by atoms with van der Waals surface area (Å²) >= 11 is 3.52. The first-order valence-corrected chi connectivity index (χ1v) is 10.2. The zero-order chi connectivity index (χ0) is 18.9. The molecule has 1 heterocycles. The molecule has 1 aliphatic heterocycles. The van der Waals surface area contributed by atoms with Gasteiger partial charge in [0.2, 0.25) is 0 Å². The van der Waals surface area contributed by atoms with E-state index in [1.165, 1.54) is 5.56 Å². The molecule has 144 valence electrons. The number of carbonyl (C=O) groups excluding carboxylic acids is 1. The van der Waals surface area contributed by atoms with Gasteiger partial charge in [-0.15, -0.1) is 0 Å². The molecular weight excluding hydrogens is 396 g/mol. The minimum atomic E-state index is -0.450. The van der Waals surface area contributed by atoms with Crippen LogP contribution in [0.25, 0.3) is 0 Å². The van der Waals surface area contributed by atoms with Gasteiger partial charge in [0.1, 0.15) is 11.4 Å². The van der Waals surface area contributed by atoms with Crippen LogP contribution >= 0.6 is 15.9 Å². The van der Waals surface area contributed by atoms with Gasteiger partial charge < -0.3 is 9.47 Å². The number of rotatable bonds is 4. The molecule has 2 aliphatic rings. The highest BCUT2D eigenvalue weighted by Gasteiger charge is 2.54. The van der Waals surface area contributed by atoms with E-state index in [-0.39, 0.29) is 11.6 Å². The van der Waals surface area contributed by atoms with Gasteiger partial charge in [-0.25, -0.2) is 4.79 Å². The van der Waals surface area contributed by atoms with Crippen molar-refractivity contribution in [1.29, 1.82) is 0 Å². The van der Waals surface area contributed by atoms with Crippen LogP contribution in [-0.4, -0.2) is 53.3 Å². The number of hydrogen-bond donors (Lipinski definition) is 0. The number of nitrogens with zero attached hydrogens (tertiary/aromatic N) is 2. The average Bonchev–Trinajstić information content (AvgIpc) is 3.28. The standard InChI is InChI=1S/C20H29BrN2O3/c1-5-25-17-12-16(21)7-6-15(17)13-22-10-11-23(20(14-22)8-9-20)18(24)26-19(2,3)4/h6-7,12H,5,8-11,13-14H2,1-4H3. The first-order valence-electron chi connectivity index (χ1n) is 9.37. The number of ether oxygens (including phenoxy) is 2. The van der Waals surface area contributed by atoms with E-state index in [1.54, 1.807) is 0 Å². The molecule has 1 aromatic rings. The summed E-state index contributed by atoms with van der Waals surface area (Å²) in [6, 6.07) is 6.21. The van der Waals surface area contributed by atoms with Crippen LogP contribution in [-0.2, 0) is 11.3 Å². The largest absolute Gasteiger partial charge is 0.494 e. The molecule has 26 heavy (non-hydrogen) atoms. The summed E-state index contributed by atoms with van der Waals surface area (Å²) in [5.41, 5.74) is 0.701. The Morgan fingerprint density at radius 3 is 2.62 bits per heavy atom. The van der Waals surface area contributed by atoms with Gasteiger partial charge >= 0.3 is 6.09 Å². The Bertz CT molecular complexity index is 668. The van der Waals surface area contributed by atoms with Crippen molar-refractivity contribution in [3.05, 3.63) is 28.2 Å². The van der Waals surface area contributed by atoms with E-state index in [9.17, 15) is 4.79 Å². The number of benzene rings is 1. The molecule has 1 aliphatic carbocycles. The average molecular weight is 425 g/mol. The Morgan fingerprint density at radius 2 is 2.00 bits per heavy atom. The van der Waals surface area contributed by atoms with Gasteiger partial charge in [-0.3, -0.25) is 9.80 Å². The summed E-state index contributed by atoms with van der Waals surface area (Å²) in [7, 11) is 0. The first kappa shape index (κ1) is 19.5. The molecule has 0 radical (unpaired) electrons. The highest BCUT2D eigenvalue weighted by molar-refractivity contribution is 9.10. The van der Waals surface area contributed by atoms with Crippen LogP contribution in [0.4, 0.5) is 4.79 Å². The lowest BCUT2D eigenvalue weighted by Gasteiger charge is -2.42. The molecule has 0 atom stereocenters. The third kappa shape index (κ3) is 4.52. The van der Waals surface area contributed by atoms with Crippen molar-refractivity contribution < 1.29 is 14.3 Å². The second-order valence-corrected chi connectivity index (χ2v) is 9.17. The van der Waals surface area contributed by atoms with Gasteiger partial charge in [0.05, 0.1) is 12.1 Å². The summed E-state index contributed by atoms with van der Waals surface area (Å²) in [4.78, 5) is 17.0. The quantitative estimate of drug-likeness (QED) is 0.716. The van der Waals surface area contributed by atoms with E-state index in [0.717, 1.165) is 49.2 Å². The predicted molar refractivity (Wildman–Crippen MR) is 105 cm³/mol.